The van der Waals surface area contributed by atoms with Crippen molar-refractivity contribution in [2.24, 2.45) is 0 Å². The predicted molar refractivity (Wildman–Crippen MR) is 131 cm³/mol. The van der Waals surface area contributed by atoms with E-state index < -0.39 is 21.5 Å². The normalized spacial score (nSPS) is 23.5. The average molecular weight is 547 g/mol. The number of ether oxygens (including phenoxy) is 1. The summed E-state index contributed by atoms with van der Waals surface area (Å²) in [6, 6.07) is 7.03. The number of aromatic nitrogens is 1. The van der Waals surface area contributed by atoms with Crippen LogP contribution in [0, 0.1) is 0 Å². The highest BCUT2D eigenvalue weighted by Gasteiger charge is 2.59. The molecule has 1 aromatic carbocycles. The first-order chi connectivity index (χ1) is 15.6. The first kappa shape index (κ1) is 23.1. The van der Waals surface area contributed by atoms with Gasteiger partial charge in [-0.2, -0.15) is 13.0 Å². The number of carbonyl (C=O) groups is 1. The first-order valence-corrected chi connectivity index (χ1v) is 14.6. The third-order valence-corrected chi connectivity index (χ3v) is 10.8. The molecule has 1 fully saturated rings. The van der Waals surface area contributed by atoms with Crippen molar-refractivity contribution in [3.63, 3.8) is 0 Å². The van der Waals surface area contributed by atoms with Crippen LogP contribution in [0.5, 0.6) is 5.75 Å². The molecule has 2 atom stereocenters. The van der Waals surface area contributed by atoms with Crippen LogP contribution in [0.15, 0.2) is 34.4 Å². The number of carboxylic acids is 1. The summed E-state index contributed by atoms with van der Waals surface area (Å²) in [6.07, 6.45) is 4.49. The van der Waals surface area contributed by atoms with Crippen molar-refractivity contribution in [3.05, 3.63) is 40.2 Å². The Kier molecular flexibility index (Phi) is 5.75. The van der Waals surface area contributed by atoms with Crippen LogP contribution in [-0.2, 0) is 21.5 Å². The molecule has 4 heterocycles. The number of fused-ring (bicyclic) bond motifs is 3. The molecule has 174 valence electrons. The largest absolute Gasteiger partial charge is 0.477 e. The lowest BCUT2D eigenvalue weighted by molar-refractivity contribution is -0.655. The lowest BCUT2D eigenvalue weighted by atomic mass is 10.2. The quantitative estimate of drug-likeness (QED) is 0.211. The van der Waals surface area contributed by atoms with Crippen molar-refractivity contribution in [1.82, 2.24) is 4.48 Å². The maximum atomic E-state index is 12.4. The lowest BCUT2D eigenvalue weighted by Crippen LogP contribution is -2.54. The van der Waals surface area contributed by atoms with E-state index in [4.69, 9.17) is 16.3 Å². The number of hydrogen-bond acceptors (Lipinski definition) is 7. The summed E-state index contributed by atoms with van der Waals surface area (Å²) in [6.45, 7) is 0.160. The molecule has 2 aliphatic heterocycles. The van der Waals surface area contributed by atoms with E-state index in [1.807, 2.05) is 12.3 Å². The van der Waals surface area contributed by atoms with Crippen LogP contribution in [0.3, 0.4) is 0 Å². The molecule has 2 unspecified atom stereocenters. The smallest absolute Gasteiger partial charge is 0.370 e. The Labute approximate surface area is 207 Å². The molecule has 0 radical (unpaired) electrons. The second-order valence-corrected chi connectivity index (χ2v) is 13.0. The van der Waals surface area contributed by atoms with Gasteiger partial charge in [-0.15, -0.1) is 11.8 Å². The Morgan fingerprint density at radius 3 is 2.88 bits per heavy atom. The van der Waals surface area contributed by atoms with Gasteiger partial charge < -0.3 is 9.84 Å². The third kappa shape index (κ3) is 3.77. The van der Waals surface area contributed by atoms with E-state index in [0.29, 0.717) is 40.3 Å². The van der Waals surface area contributed by atoms with Crippen molar-refractivity contribution in [2.75, 3.05) is 12.8 Å². The highest BCUT2D eigenvalue weighted by atomic mass is 35.5. The van der Waals surface area contributed by atoms with Crippen molar-refractivity contribution in [1.29, 1.82) is 0 Å². The fourth-order valence-electron chi connectivity index (χ4n) is 4.60. The van der Waals surface area contributed by atoms with E-state index in [2.05, 4.69) is 0 Å². The van der Waals surface area contributed by atoms with E-state index in [9.17, 15) is 22.9 Å². The summed E-state index contributed by atoms with van der Waals surface area (Å²) >= 11 is 10.8. The maximum Gasteiger partial charge on any atom is 0.370 e. The van der Waals surface area contributed by atoms with Gasteiger partial charge in [-0.1, -0.05) is 34.3 Å². The maximum absolute atomic E-state index is 12.4. The molecule has 3 aromatic rings. The standard InChI is InChI=1S/C20H17ClN2O6S4/c1-30-19-8-14-20(32-19)22(10-18(24)25)15(31-14)9-16-23(6-2-3-17(23)33(26,27)28)12-7-11(21)4-5-13(12)29-16/h4-5,7-9,17H,2-3,6,10H2,1H3/p+2. The number of rotatable bonds is 5. The van der Waals surface area contributed by atoms with Crippen LogP contribution in [0.2, 0.25) is 5.02 Å². The van der Waals surface area contributed by atoms with Gasteiger partial charge in [0, 0.05) is 23.9 Å². The summed E-state index contributed by atoms with van der Waals surface area (Å²) in [5, 5.41) is 9.44. The van der Waals surface area contributed by atoms with Crippen LogP contribution in [0.1, 0.15) is 17.8 Å². The van der Waals surface area contributed by atoms with Gasteiger partial charge in [0.05, 0.1) is 10.8 Å². The van der Waals surface area contributed by atoms with Crippen molar-refractivity contribution in [3.8, 4) is 5.75 Å². The van der Waals surface area contributed by atoms with E-state index in [0.717, 1.165) is 13.7 Å². The van der Waals surface area contributed by atoms with Gasteiger partial charge in [-0.05, 0) is 24.5 Å². The fourth-order valence-corrected chi connectivity index (χ4v) is 9.10. The van der Waals surface area contributed by atoms with E-state index >= 15 is 0 Å². The molecule has 0 amide bonds. The zero-order valence-corrected chi connectivity index (χ0v) is 21.2. The van der Waals surface area contributed by atoms with Crippen LogP contribution < -0.4 is 13.8 Å². The Hall–Kier alpha value is -1.67. The molecule has 5 rings (SSSR count). The number of carboxylic acid groups (broad SMARTS) is 1. The van der Waals surface area contributed by atoms with Gasteiger partial charge >= 0.3 is 22.0 Å². The van der Waals surface area contributed by atoms with E-state index in [-0.39, 0.29) is 17.4 Å². The molecule has 0 saturated carbocycles. The van der Waals surface area contributed by atoms with Gasteiger partial charge in [0.25, 0.3) is 9.84 Å². The van der Waals surface area contributed by atoms with E-state index in [1.165, 1.54) is 22.7 Å². The van der Waals surface area contributed by atoms with Crippen LogP contribution in [-0.4, -0.2) is 42.2 Å². The van der Waals surface area contributed by atoms with Crippen LogP contribution >= 0.6 is 46.0 Å². The molecule has 2 N–H and O–H groups in total. The highest BCUT2D eigenvalue weighted by molar-refractivity contribution is 8.00. The topological polar surface area (TPSA) is 105 Å². The van der Waals surface area contributed by atoms with Gasteiger partial charge in [-0.25, -0.2) is 9.28 Å². The number of benzene rings is 1. The van der Waals surface area contributed by atoms with Gasteiger partial charge in [0.2, 0.25) is 11.9 Å². The predicted octanol–water partition coefficient (Wildman–Crippen LogP) is 4.42. The molecule has 1 saturated heterocycles. The summed E-state index contributed by atoms with van der Waals surface area (Å²) in [4.78, 5) is 12.5. The Bertz CT molecular complexity index is 1430. The Morgan fingerprint density at radius 2 is 2.18 bits per heavy atom. The second-order valence-electron chi connectivity index (χ2n) is 7.76. The molecule has 0 aliphatic carbocycles. The summed E-state index contributed by atoms with van der Waals surface area (Å²) in [7, 11) is -4.42. The number of hydrogen-bond donors (Lipinski definition) is 2. The molecule has 2 aromatic heterocycles. The monoisotopic (exact) mass is 546 g/mol. The van der Waals surface area contributed by atoms with Gasteiger partial charge in [0.1, 0.15) is 10.8 Å². The fraction of sp³-hybridized carbons (Fsp3) is 0.300. The molecule has 8 nitrogen and oxygen atoms in total. The van der Waals surface area contributed by atoms with Crippen LogP contribution in [0.25, 0.3) is 15.6 Å². The van der Waals surface area contributed by atoms with Gasteiger partial charge in [0.15, 0.2) is 11.4 Å². The minimum atomic E-state index is -4.42. The van der Waals surface area contributed by atoms with Crippen molar-refractivity contribution >= 4 is 83.4 Å². The molecular weight excluding hydrogens is 528 g/mol. The number of nitrogens with zero attached hydrogens (tertiary/aromatic N) is 2. The van der Waals surface area contributed by atoms with E-state index in [1.54, 1.807) is 40.6 Å². The molecule has 0 bridgehead atoms. The van der Waals surface area contributed by atoms with Crippen molar-refractivity contribution in [2.45, 2.75) is 29.0 Å². The number of thioether (sulfide) groups is 1. The Balaban J connectivity index is 1.73. The average Bonchev–Trinajstić information content (AvgIpc) is 3.47. The number of thiazole rings is 1. The van der Waals surface area contributed by atoms with Crippen LogP contribution in [0.4, 0.5) is 5.69 Å². The SMILES string of the molecule is CSc1cc2sc(C=C3Oc4ccc(Cl)cc4[N+]34CCCC4S(=O)(=O)O)[n+](CC(=O)O)c2s1. The minimum absolute atomic E-state index is 0.205. The summed E-state index contributed by atoms with van der Waals surface area (Å²) in [5.74, 6) is -0.193. The van der Waals surface area contributed by atoms with Crippen molar-refractivity contribution < 1.29 is 32.2 Å². The number of quaternary nitrogens is 1. The number of aliphatic carboxylic acids is 1. The third-order valence-electron chi connectivity index (χ3n) is 5.88. The number of halogens is 1. The highest BCUT2D eigenvalue weighted by Crippen LogP contribution is 2.52. The zero-order chi connectivity index (χ0) is 23.5. The lowest BCUT2D eigenvalue weighted by Gasteiger charge is -2.31. The zero-order valence-electron chi connectivity index (χ0n) is 17.2. The summed E-state index contributed by atoms with van der Waals surface area (Å²) in [5.41, 5.74) is 0.571. The Morgan fingerprint density at radius 1 is 1.39 bits per heavy atom. The molecular formula is C20H19ClN2O6S4+2. The number of thiophene rings is 1. The summed E-state index contributed by atoms with van der Waals surface area (Å²) < 4.78 is 44.6. The molecule has 33 heavy (non-hydrogen) atoms. The first-order valence-electron chi connectivity index (χ1n) is 9.90. The second kappa shape index (κ2) is 8.22. The van der Waals surface area contributed by atoms with Gasteiger partial charge in [-0.3, -0.25) is 4.55 Å². The molecule has 2 aliphatic rings. The molecule has 13 heteroatoms. The minimum Gasteiger partial charge on any atom is -0.477 e. The molecule has 1 spiro atoms.